The van der Waals surface area contributed by atoms with Crippen molar-refractivity contribution in [3.8, 4) is 11.5 Å². The molecule has 0 unspecified atom stereocenters. The highest BCUT2D eigenvalue weighted by atomic mass is 32.2. The molecule has 0 aliphatic heterocycles. The normalized spacial score (nSPS) is 11.6. The van der Waals surface area contributed by atoms with Crippen LogP contribution in [0.15, 0.2) is 40.1 Å². The summed E-state index contributed by atoms with van der Waals surface area (Å²) in [5.74, 6) is -0.0229. The van der Waals surface area contributed by atoms with Crippen LogP contribution in [-0.2, 0) is 9.84 Å². The molecule has 0 amide bonds. The largest absolute Gasteiger partial charge is 0.508 e. The van der Waals surface area contributed by atoms with E-state index < -0.39 is 9.84 Å². The first-order valence-corrected chi connectivity index (χ1v) is 7.56. The first-order valence-electron chi connectivity index (χ1n) is 6.08. The quantitative estimate of drug-likeness (QED) is 0.892. The molecule has 5 heteroatoms. The van der Waals surface area contributed by atoms with Gasteiger partial charge in [-0.25, -0.2) is 8.42 Å². The first-order chi connectivity index (χ1) is 9.23. The van der Waals surface area contributed by atoms with Crippen molar-refractivity contribution < 1.29 is 18.6 Å². The van der Waals surface area contributed by atoms with Crippen molar-refractivity contribution >= 4 is 9.84 Å². The number of benzene rings is 2. The highest BCUT2D eigenvalue weighted by Gasteiger charge is 2.22. The molecule has 0 aliphatic carbocycles. The third kappa shape index (κ3) is 2.36. The fourth-order valence-corrected chi connectivity index (χ4v) is 3.76. The van der Waals surface area contributed by atoms with E-state index in [1.807, 2.05) is 0 Å². The third-order valence-electron chi connectivity index (χ3n) is 3.34. The molecule has 2 N–H and O–H groups in total. The van der Waals surface area contributed by atoms with E-state index in [4.69, 9.17) is 0 Å². The van der Waals surface area contributed by atoms with Crippen molar-refractivity contribution in [3.63, 3.8) is 0 Å². The van der Waals surface area contributed by atoms with Crippen molar-refractivity contribution in [3.05, 3.63) is 47.0 Å². The van der Waals surface area contributed by atoms with Crippen molar-refractivity contribution in [1.29, 1.82) is 0 Å². The summed E-state index contributed by atoms with van der Waals surface area (Å²) in [6.45, 7) is 5.03. The Morgan fingerprint density at radius 2 is 1.55 bits per heavy atom. The van der Waals surface area contributed by atoms with E-state index in [-0.39, 0.29) is 21.3 Å². The molecule has 0 spiro atoms. The van der Waals surface area contributed by atoms with Crippen LogP contribution in [0.4, 0.5) is 0 Å². The lowest BCUT2D eigenvalue weighted by Gasteiger charge is -2.12. The molecule has 4 nitrogen and oxygen atoms in total. The predicted molar refractivity (Wildman–Crippen MR) is 75.9 cm³/mol. The number of hydrogen-bond donors (Lipinski definition) is 2. The second-order valence-corrected chi connectivity index (χ2v) is 6.76. The Labute approximate surface area is 118 Å². The number of sulfone groups is 1. The van der Waals surface area contributed by atoms with Crippen molar-refractivity contribution in [1.82, 2.24) is 0 Å². The van der Waals surface area contributed by atoms with Crippen LogP contribution in [0.3, 0.4) is 0 Å². The van der Waals surface area contributed by atoms with E-state index in [1.165, 1.54) is 30.3 Å². The molecular weight excluding hydrogens is 276 g/mol. The molecule has 0 saturated carbocycles. The van der Waals surface area contributed by atoms with Gasteiger partial charge in [-0.05, 0) is 67.8 Å². The molecular formula is C15H16O4S. The molecule has 20 heavy (non-hydrogen) atoms. The molecule has 0 aromatic heterocycles. The number of aryl methyl sites for hydroxylation is 1. The van der Waals surface area contributed by atoms with Crippen molar-refractivity contribution in [2.24, 2.45) is 0 Å². The Morgan fingerprint density at radius 3 is 2.15 bits per heavy atom. The topological polar surface area (TPSA) is 74.6 Å². The van der Waals surface area contributed by atoms with Gasteiger partial charge in [-0.1, -0.05) is 0 Å². The maximum Gasteiger partial charge on any atom is 0.207 e. The van der Waals surface area contributed by atoms with Gasteiger partial charge in [0, 0.05) is 0 Å². The zero-order valence-corrected chi connectivity index (χ0v) is 12.3. The fourth-order valence-electron chi connectivity index (χ4n) is 2.08. The SMILES string of the molecule is Cc1cc(O)cc(S(=O)(=O)c2ccc(O)c(C)c2C)c1. The number of aromatic hydroxyl groups is 2. The summed E-state index contributed by atoms with van der Waals surface area (Å²) in [4.78, 5) is 0.181. The minimum atomic E-state index is -3.73. The van der Waals surface area contributed by atoms with Gasteiger partial charge < -0.3 is 10.2 Å². The summed E-state index contributed by atoms with van der Waals surface area (Å²) in [6, 6.07) is 6.98. The highest BCUT2D eigenvalue weighted by molar-refractivity contribution is 7.91. The van der Waals surface area contributed by atoms with Crippen LogP contribution in [0.5, 0.6) is 11.5 Å². The van der Waals surface area contributed by atoms with Gasteiger partial charge in [0.1, 0.15) is 11.5 Å². The molecule has 0 radical (unpaired) electrons. The standard InChI is InChI=1S/C15H16O4S/c1-9-6-12(16)8-13(7-9)20(18,19)15-5-4-14(17)10(2)11(15)3/h4-8,16-17H,1-3H3. The molecule has 0 bridgehead atoms. The minimum absolute atomic E-state index is 0.0446. The third-order valence-corrected chi connectivity index (χ3v) is 5.22. The molecule has 2 rings (SSSR count). The van der Waals surface area contributed by atoms with E-state index in [1.54, 1.807) is 20.8 Å². The molecule has 0 atom stereocenters. The zero-order valence-electron chi connectivity index (χ0n) is 11.5. The van der Waals surface area contributed by atoms with Crippen LogP contribution >= 0.6 is 0 Å². The second kappa shape index (κ2) is 4.83. The number of rotatable bonds is 2. The second-order valence-electron chi connectivity index (χ2n) is 4.84. The summed E-state index contributed by atoms with van der Waals surface area (Å²) in [5.41, 5.74) is 1.70. The Kier molecular flexibility index (Phi) is 3.48. The van der Waals surface area contributed by atoms with E-state index in [9.17, 15) is 18.6 Å². The van der Waals surface area contributed by atoms with E-state index in [2.05, 4.69) is 0 Å². The maximum absolute atomic E-state index is 12.6. The van der Waals surface area contributed by atoms with Crippen LogP contribution in [0.25, 0.3) is 0 Å². The van der Waals surface area contributed by atoms with Gasteiger partial charge in [-0.15, -0.1) is 0 Å². The van der Waals surface area contributed by atoms with Gasteiger partial charge in [-0.3, -0.25) is 0 Å². The van der Waals surface area contributed by atoms with Crippen LogP contribution in [0.2, 0.25) is 0 Å². The lowest BCUT2D eigenvalue weighted by Crippen LogP contribution is -2.05. The van der Waals surface area contributed by atoms with Gasteiger partial charge in [0.25, 0.3) is 0 Å². The van der Waals surface area contributed by atoms with E-state index >= 15 is 0 Å². The predicted octanol–water partition coefficient (Wildman–Crippen LogP) is 2.86. The van der Waals surface area contributed by atoms with Crippen LogP contribution in [0.1, 0.15) is 16.7 Å². The number of phenolic OH excluding ortho intramolecular Hbond substituents is 2. The number of hydrogen-bond acceptors (Lipinski definition) is 4. The summed E-state index contributed by atoms with van der Waals surface area (Å²) in [5, 5.41) is 19.2. The monoisotopic (exact) mass is 292 g/mol. The van der Waals surface area contributed by atoms with Crippen LogP contribution < -0.4 is 0 Å². The van der Waals surface area contributed by atoms with Crippen LogP contribution in [-0.4, -0.2) is 18.6 Å². The molecule has 0 saturated heterocycles. The average Bonchev–Trinajstić information content (AvgIpc) is 2.34. The Balaban J connectivity index is 2.70. The molecule has 2 aromatic carbocycles. The average molecular weight is 292 g/mol. The molecule has 106 valence electrons. The Hall–Kier alpha value is -2.01. The van der Waals surface area contributed by atoms with Gasteiger partial charge in [0.05, 0.1) is 9.79 Å². The number of phenols is 2. The fraction of sp³-hybridized carbons (Fsp3) is 0.200. The lowest BCUT2D eigenvalue weighted by molar-refractivity contribution is 0.469. The molecule has 0 fully saturated rings. The first kappa shape index (κ1) is 14.4. The van der Waals surface area contributed by atoms with Crippen molar-refractivity contribution in [2.45, 2.75) is 30.6 Å². The molecule has 2 aromatic rings. The molecule has 0 heterocycles. The van der Waals surface area contributed by atoms with Crippen LogP contribution in [0, 0.1) is 20.8 Å². The Morgan fingerprint density at radius 1 is 0.900 bits per heavy atom. The van der Waals surface area contributed by atoms with E-state index in [0.29, 0.717) is 16.7 Å². The van der Waals surface area contributed by atoms with Crippen molar-refractivity contribution in [2.75, 3.05) is 0 Å². The maximum atomic E-state index is 12.6. The van der Waals surface area contributed by atoms with Gasteiger partial charge >= 0.3 is 0 Å². The summed E-state index contributed by atoms with van der Waals surface area (Å²) >= 11 is 0. The van der Waals surface area contributed by atoms with E-state index in [0.717, 1.165) is 0 Å². The lowest BCUT2D eigenvalue weighted by atomic mass is 10.1. The molecule has 0 aliphatic rings. The summed E-state index contributed by atoms with van der Waals surface area (Å²) in [6.07, 6.45) is 0. The summed E-state index contributed by atoms with van der Waals surface area (Å²) in [7, 11) is -3.73. The smallest absolute Gasteiger partial charge is 0.207 e. The van der Waals surface area contributed by atoms with Gasteiger partial charge in [-0.2, -0.15) is 0 Å². The summed E-state index contributed by atoms with van der Waals surface area (Å²) < 4.78 is 25.3. The zero-order chi connectivity index (χ0) is 15.1. The minimum Gasteiger partial charge on any atom is -0.508 e. The Bertz CT molecular complexity index is 756. The highest BCUT2D eigenvalue weighted by Crippen LogP contribution is 2.31. The van der Waals surface area contributed by atoms with Gasteiger partial charge in [0.15, 0.2) is 0 Å². The van der Waals surface area contributed by atoms with Gasteiger partial charge in [0.2, 0.25) is 9.84 Å².